The van der Waals surface area contributed by atoms with Crippen molar-refractivity contribution in [1.29, 1.82) is 0 Å². The summed E-state index contributed by atoms with van der Waals surface area (Å²) in [5.74, 6) is -0.208. The van der Waals surface area contributed by atoms with Crippen LogP contribution in [0.25, 0.3) is 0 Å². The minimum atomic E-state index is -0.208. The van der Waals surface area contributed by atoms with Crippen molar-refractivity contribution in [3.8, 4) is 0 Å². The first-order valence-corrected chi connectivity index (χ1v) is 6.79. The van der Waals surface area contributed by atoms with Crippen molar-refractivity contribution in [2.45, 2.75) is 45.8 Å². The summed E-state index contributed by atoms with van der Waals surface area (Å²) in [7, 11) is 0. The van der Waals surface area contributed by atoms with Crippen LogP contribution in [0.2, 0.25) is 0 Å². The Labute approximate surface area is 110 Å². The van der Waals surface area contributed by atoms with Gasteiger partial charge in [0.1, 0.15) is 5.82 Å². The van der Waals surface area contributed by atoms with Gasteiger partial charge in [-0.1, -0.05) is 32.4 Å². The first-order valence-electron chi connectivity index (χ1n) is 6.79. The quantitative estimate of drug-likeness (QED) is 0.763. The number of hydrogen-bond acceptors (Lipinski definition) is 2. The summed E-state index contributed by atoms with van der Waals surface area (Å²) in [6.45, 7) is 7.87. The molecular weight excluding hydrogens is 229 g/mol. The number of nitrogens with one attached hydrogen (secondary N) is 1. The van der Waals surface area contributed by atoms with E-state index >= 15 is 0 Å². The third-order valence-electron chi connectivity index (χ3n) is 2.89. The minimum Gasteiger partial charge on any atom is -0.369 e. The van der Waals surface area contributed by atoms with Gasteiger partial charge in [-0.3, -0.25) is 0 Å². The molecule has 2 unspecified atom stereocenters. The van der Waals surface area contributed by atoms with Gasteiger partial charge in [-0.25, -0.2) is 4.39 Å². The van der Waals surface area contributed by atoms with Crippen LogP contribution in [0, 0.1) is 5.82 Å². The van der Waals surface area contributed by atoms with Crippen LogP contribution in [0.1, 0.15) is 45.3 Å². The number of hydrogen-bond donors (Lipinski definition) is 1. The highest BCUT2D eigenvalue weighted by Crippen LogP contribution is 2.21. The van der Waals surface area contributed by atoms with Crippen molar-refractivity contribution < 1.29 is 9.13 Å². The Morgan fingerprint density at radius 1 is 1.33 bits per heavy atom. The van der Waals surface area contributed by atoms with E-state index in [1.54, 1.807) is 12.1 Å². The maximum absolute atomic E-state index is 13.3. The van der Waals surface area contributed by atoms with E-state index in [0.29, 0.717) is 6.54 Å². The van der Waals surface area contributed by atoms with Crippen molar-refractivity contribution in [2.24, 2.45) is 0 Å². The lowest BCUT2D eigenvalue weighted by Crippen LogP contribution is -2.26. The van der Waals surface area contributed by atoms with Crippen LogP contribution in [-0.2, 0) is 4.74 Å². The summed E-state index contributed by atoms with van der Waals surface area (Å²) in [6.07, 6.45) is 2.24. The summed E-state index contributed by atoms with van der Waals surface area (Å²) < 4.78 is 19.3. The van der Waals surface area contributed by atoms with Gasteiger partial charge in [0, 0.05) is 6.54 Å². The highest BCUT2D eigenvalue weighted by molar-refractivity contribution is 5.19. The van der Waals surface area contributed by atoms with Crippen LogP contribution in [0.15, 0.2) is 24.3 Å². The molecule has 0 amide bonds. The Morgan fingerprint density at radius 3 is 2.72 bits per heavy atom. The highest BCUT2D eigenvalue weighted by Gasteiger charge is 2.15. The van der Waals surface area contributed by atoms with Gasteiger partial charge in [0.25, 0.3) is 0 Å². The molecule has 0 bridgehead atoms. The first-order chi connectivity index (χ1) is 8.67. The molecule has 0 aliphatic rings. The molecule has 1 rings (SSSR count). The summed E-state index contributed by atoms with van der Waals surface area (Å²) in [4.78, 5) is 0. The molecule has 0 saturated carbocycles. The second-order valence-corrected chi connectivity index (χ2v) is 4.59. The Bertz CT molecular complexity index is 343. The van der Waals surface area contributed by atoms with E-state index < -0.39 is 0 Å². The molecule has 18 heavy (non-hydrogen) atoms. The van der Waals surface area contributed by atoms with Crippen molar-refractivity contribution in [3.63, 3.8) is 0 Å². The third kappa shape index (κ3) is 5.15. The molecule has 0 aliphatic heterocycles. The first kappa shape index (κ1) is 15.1. The Kier molecular flexibility index (Phi) is 6.91. The Morgan fingerprint density at radius 2 is 2.11 bits per heavy atom. The molecule has 1 aromatic carbocycles. The minimum absolute atomic E-state index is 0.0813. The molecular formula is C15H24FNO. The van der Waals surface area contributed by atoms with Gasteiger partial charge in [0.15, 0.2) is 0 Å². The number of rotatable bonds is 8. The average Bonchev–Trinajstić information content (AvgIpc) is 2.34. The van der Waals surface area contributed by atoms with Gasteiger partial charge in [-0.2, -0.15) is 0 Å². The Balaban J connectivity index is 2.70. The zero-order chi connectivity index (χ0) is 13.4. The maximum Gasteiger partial charge on any atom is 0.123 e. The van der Waals surface area contributed by atoms with Crippen LogP contribution < -0.4 is 5.32 Å². The average molecular weight is 253 g/mol. The molecule has 0 saturated heterocycles. The predicted molar refractivity (Wildman–Crippen MR) is 73.1 cm³/mol. The van der Waals surface area contributed by atoms with Gasteiger partial charge >= 0.3 is 0 Å². The van der Waals surface area contributed by atoms with Crippen molar-refractivity contribution in [1.82, 2.24) is 5.32 Å². The fourth-order valence-corrected chi connectivity index (χ4v) is 1.98. The molecule has 0 radical (unpaired) electrons. The van der Waals surface area contributed by atoms with Crippen LogP contribution in [0.3, 0.4) is 0 Å². The van der Waals surface area contributed by atoms with Crippen molar-refractivity contribution in [2.75, 3.05) is 13.1 Å². The lowest BCUT2D eigenvalue weighted by atomic mass is 10.1. The van der Waals surface area contributed by atoms with Crippen LogP contribution in [-0.4, -0.2) is 19.2 Å². The van der Waals surface area contributed by atoms with E-state index in [-0.39, 0.29) is 18.0 Å². The fourth-order valence-electron chi connectivity index (χ4n) is 1.98. The number of ether oxygens (including phenoxy) is 1. The lowest BCUT2D eigenvalue weighted by Gasteiger charge is -2.23. The second-order valence-electron chi connectivity index (χ2n) is 4.59. The summed E-state index contributed by atoms with van der Waals surface area (Å²) >= 11 is 0. The monoisotopic (exact) mass is 253 g/mol. The van der Waals surface area contributed by atoms with E-state index in [1.165, 1.54) is 6.07 Å². The lowest BCUT2D eigenvalue weighted by molar-refractivity contribution is -0.00711. The van der Waals surface area contributed by atoms with Crippen LogP contribution >= 0.6 is 0 Å². The van der Waals surface area contributed by atoms with Gasteiger partial charge in [0.2, 0.25) is 0 Å². The third-order valence-corrected chi connectivity index (χ3v) is 2.89. The second kappa shape index (κ2) is 8.22. The smallest absolute Gasteiger partial charge is 0.123 e. The van der Waals surface area contributed by atoms with Crippen LogP contribution in [0.5, 0.6) is 0 Å². The van der Waals surface area contributed by atoms with E-state index in [4.69, 9.17) is 4.74 Å². The molecule has 2 atom stereocenters. The molecule has 3 heteroatoms. The van der Waals surface area contributed by atoms with Gasteiger partial charge < -0.3 is 10.1 Å². The van der Waals surface area contributed by atoms with Gasteiger partial charge in [0.05, 0.1) is 12.2 Å². The topological polar surface area (TPSA) is 21.3 Å². The number of halogens is 1. The predicted octanol–water partition coefficient (Wildman–Crippen LogP) is 3.68. The van der Waals surface area contributed by atoms with Crippen molar-refractivity contribution in [3.05, 3.63) is 35.6 Å². The molecule has 0 aromatic heterocycles. The van der Waals surface area contributed by atoms with E-state index in [9.17, 15) is 4.39 Å². The molecule has 0 fully saturated rings. The van der Waals surface area contributed by atoms with E-state index in [1.807, 2.05) is 6.07 Å². The van der Waals surface area contributed by atoms with E-state index in [0.717, 1.165) is 24.9 Å². The normalized spacial score (nSPS) is 14.4. The summed E-state index contributed by atoms with van der Waals surface area (Å²) in [5, 5.41) is 3.27. The standard InChI is InChI=1S/C15H24FNO/c1-4-7-12(3)18-15(11-17-5-2)13-8-6-9-14(16)10-13/h6,8-10,12,15,17H,4-5,7,11H2,1-3H3. The van der Waals surface area contributed by atoms with Gasteiger partial charge in [-0.15, -0.1) is 0 Å². The largest absolute Gasteiger partial charge is 0.369 e. The van der Waals surface area contributed by atoms with Gasteiger partial charge in [-0.05, 0) is 37.6 Å². The molecule has 1 N–H and O–H groups in total. The Hall–Kier alpha value is -0.930. The zero-order valence-corrected chi connectivity index (χ0v) is 11.6. The number of benzene rings is 1. The SMILES string of the molecule is CCCC(C)OC(CNCC)c1cccc(F)c1. The molecule has 1 aromatic rings. The van der Waals surface area contributed by atoms with E-state index in [2.05, 4.69) is 26.1 Å². The number of likely N-dealkylation sites (N-methyl/N-ethyl adjacent to an activating group) is 1. The molecule has 102 valence electrons. The summed E-state index contributed by atoms with van der Waals surface area (Å²) in [6, 6.07) is 6.67. The zero-order valence-electron chi connectivity index (χ0n) is 11.6. The maximum atomic E-state index is 13.3. The molecule has 0 aliphatic carbocycles. The molecule has 0 heterocycles. The molecule has 0 spiro atoms. The van der Waals surface area contributed by atoms with Crippen LogP contribution in [0.4, 0.5) is 4.39 Å². The van der Waals surface area contributed by atoms with Crippen molar-refractivity contribution >= 4 is 0 Å². The highest BCUT2D eigenvalue weighted by atomic mass is 19.1. The fraction of sp³-hybridized carbons (Fsp3) is 0.600. The molecule has 2 nitrogen and oxygen atoms in total. The summed E-state index contributed by atoms with van der Waals surface area (Å²) in [5.41, 5.74) is 0.902.